The van der Waals surface area contributed by atoms with Gasteiger partial charge in [0.15, 0.2) is 0 Å². The van der Waals surface area contributed by atoms with Gasteiger partial charge in [0.1, 0.15) is 5.52 Å². The lowest BCUT2D eigenvalue weighted by atomic mass is 10.1. The average Bonchev–Trinajstić information content (AvgIpc) is 2.92. The fourth-order valence-corrected chi connectivity index (χ4v) is 2.70. The molecule has 0 radical (unpaired) electrons. The molecular formula is C18H22N4O. The molecule has 0 spiro atoms. The first-order valence-electron chi connectivity index (χ1n) is 7.79. The summed E-state index contributed by atoms with van der Waals surface area (Å²) in [6.45, 7) is 10.6. The van der Waals surface area contributed by atoms with Crippen molar-refractivity contribution in [2.75, 3.05) is 0 Å². The van der Waals surface area contributed by atoms with Crippen molar-refractivity contribution >= 4 is 10.9 Å². The highest BCUT2D eigenvalue weighted by molar-refractivity contribution is 5.79. The Hall–Kier alpha value is -2.43. The van der Waals surface area contributed by atoms with E-state index in [1.165, 1.54) is 10.2 Å². The predicted octanol–water partition coefficient (Wildman–Crippen LogP) is 3.01. The Kier molecular flexibility index (Phi) is 3.59. The maximum atomic E-state index is 12.9. The molecule has 5 nitrogen and oxygen atoms in total. The van der Waals surface area contributed by atoms with Gasteiger partial charge in [0.05, 0.1) is 24.0 Å². The molecule has 2 aromatic heterocycles. The molecular weight excluding hydrogens is 288 g/mol. The Morgan fingerprint density at radius 2 is 1.74 bits per heavy atom. The standard InChI is InChI=1S/C18H22N4O/c1-12-6-8-14(9-7-12)11-21-17(23)16-15(13(2)20-21)10-19-22(16)18(3,4)5/h6-10H,11H2,1-5H3. The normalized spacial score (nSPS) is 12.0. The Balaban J connectivity index is 2.17. The first kappa shape index (κ1) is 15.5. The Labute approximate surface area is 135 Å². The fraction of sp³-hybridized carbons (Fsp3) is 0.389. The molecule has 0 bridgehead atoms. The van der Waals surface area contributed by atoms with Crippen molar-refractivity contribution in [1.29, 1.82) is 0 Å². The van der Waals surface area contributed by atoms with Crippen LogP contribution in [0.5, 0.6) is 0 Å². The van der Waals surface area contributed by atoms with Crippen LogP contribution in [0.4, 0.5) is 0 Å². The molecule has 2 heterocycles. The van der Waals surface area contributed by atoms with Crippen molar-refractivity contribution in [3.8, 4) is 0 Å². The van der Waals surface area contributed by atoms with Crippen LogP contribution in [0.15, 0.2) is 35.3 Å². The molecule has 0 aliphatic rings. The summed E-state index contributed by atoms with van der Waals surface area (Å²) in [5.41, 5.74) is 3.35. The SMILES string of the molecule is Cc1ccc(Cn2nc(C)c3cnn(C(C)(C)C)c3c2=O)cc1. The van der Waals surface area contributed by atoms with Gasteiger partial charge < -0.3 is 0 Å². The Bertz CT molecular complexity index is 911. The number of rotatable bonds is 2. The van der Waals surface area contributed by atoms with E-state index < -0.39 is 0 Å². The van der Waals surface area contributed by atoms with Crippen LogP contribution >= 0.6 is 0 Å². The third-order valence-corrected chi connectivity index (χ3v) is 3.96. The number of aromatic nitrogens is 4. The van der Waals surface area contributed by atoms with Gasteiger partial charge in [0.25, 0.3) is 5.56 Å². The molecule has 120 valence electrons. The van der Waals surface area contributed by atoms with Crippen LogP contribution in [0, 0.1) is 13.8 Å². The molecule has 23 heavy (non-hydrogen) atoms. The second-order valence-electron chi connectivity index (χ2n) is 7.02. The number of nitrogens with zero attached hydrogens (tertiary/aromatic N) is 4. The van der Waals surface area contributed by atoms with Crippen LogP contribution in [0.25, 0.3) is 10.9 Å². The van der Waals surface area contributed by atoms with Crippen molar-refractivity contribution in [1.82, 2.24) is 19.6 Å². The number of hydrogen-bond donors (Lipinski definition) is 0. The summed E-state index contributed by atoms with van der Waals surface area (Å²) in [5.74, 6) is 0. The van der Waals surface area contributed by atoms with Gasteiger partial charge in [-0.1, -0.05) is 29.8 Å². The molecule has 5 heteroatoms. The highest BCUT2D eigenvalue weighted by Crippen LogP contribution is 2.20. The molecule has 0 unspecified atom stereocenters. The summed E-state index contributed by atoms with van der Waals surface area (Å²) in [6.07, 6.45) is 1.74. The zero-order valence-corrected chi connectivity index (χ0v) is 14.3. The van der Waals surface area contributed by atoms with Crippen LogP contribution in [0.1, 0.15) is 37.6 Å². The topological polar surface area (TPSA) is 52.7 Å². The molecule has 1 aromatic carbocycles. The summed E-state index contributed by atoms with van der Waals surface area (Å²) < 4.78 is 3.33. The van der Waals surface area contributed by atoms with E-state index in [1.807, 2.05) is 58.9 Å². The first-order valence-corrected chi connectivity index (χ1v) is 7.79. The van der Waals surface area contributed by atoms with E-state index in [0.717, 1.165) is 16.6 Å². The quantitative estimate of drug-likeness (QED) is 0.731. The lowest BCUT2D eigenvalue weighted by Crippen LogP contribution is -2.31. The van der Waals surface area contributed by atoms with Gasteiger partial charge in [0.2, 0.25) is 0 Å². The minimum absolute atomic E-state index is 0.0985. The lowest BCUT2D eigenvalue weighted by Gasteiger charge is -2.20. The third kappa shape index (κ3) is 2.79. The van der Waals surface area contributed by atoms with Crippen molar-refractivity contribution in [3.05, 3.63) is 57.6 Å². The highest BCUT2D eigenvalue weighted by atomic mass is 16.1. The van der Waals surface area contributed by atoms with E-state index >= 15 is 0 Å². The number of benzene rings is 1. The second-order valence-corrected chi connectivity index (χ2v) is 7.02. The summed E-state index contributed by atoms with van der Waals surface area (Å²) in [5, 5.41) is 9.70. The minimum Gasteiger partial charge on any atom is -0.265 e. The Morgan fingerprint density at radius 1 is 1.09 bits per heavy atom. The summed E-state index contributed by atoms with van der Waals surface area (Å²) in [4.78, 5) is 12.9. The zero-order valence-electron chi connectivity index (χ0n) is 14.3. The molecule has 0 saturated carbocycles. The van der Waals surface area contributed by atoms with Gasteiger partial charge in [0, 0.05) is 5.39 Å². The van der Waals surface area contributed by atoms with Gasteiger partial charge >= 0.3 is 0 Å². The average molecular weight is 310 g/mol. The Morgan fingerprint density at radius 3 is 2.35 bits per heavy atom. The minimum atomic E-state index is -0.254. The molecule has 0 aliphatic heterocycles. The van der Waals surface area contributed by atoms with Gasteiger partial charge in [-0.2, -0.15) is 10.2 Å². The van der Waals surface area contributed by atoms with Gasteiger partial charge in [-0.05, 0) is 40.2 Å². The lowest BCUT2D eigenvalue weighted by molar-refractivity contribution is 0.366. The van der Waals surface area contributed by atoms with Crippen LogP contribution in [-0.4, -0.2) is 19.6 Å². The van der Waals surface area contributed by atoms with E-state index in [-0.39, 0.29) is 11.1 Å². The van der Waals surface area contributed by atoms with E-state index in [1.54, 1.807) is 10.9 Å². The third-order valence-electron chi connectivity index (χ3n) is 3.96. The van der Waals surface area contributed by atoms with Crippen molar-refractivity contribution in [2.24, 2.45) is 0 Å². The molecule has 0 fully saturated rings. The largest absolute Gasteiger partial charge is 0.293 e. The van der Waals surface area contributed by atoms with Crippen LogP contribution in [0.3, 0.4) is 0 Å². The van der Waals surface area contributed by atoms with Gasteiger partial charge in [-0.15, -0.1) is 0 Å². The smallest absolute Gasteiger partial charge is 0.265 e. The van der Waals surface area contributed by atoms with Crippen LogP contribution in [0.2, 0.25) is 0 Å². The van der Waals surface area contributed by atoms with Crippen LogP contribution in [-0.2, 0) is 12.1 Å². The zero-order chi connectivity index (χ0) is 16.8. The molecule has 0 aliphatic carbocycles. The van der Waals surface area contributed by atoms with Gasteiger partial charge in [-0.25, -0.2) is 4.68 Å². The van der Waals surface area contributed by atoms with Crippen molar-refractivity contribution in [2.45, 2.75) is 46.7 Å². The maximum Gasteiger partial charge on any atom is 0.293 e. The molecule has 0 atom stereocenters. The highest BCUT2D eigenvalue weighted by Gasteiger charge is 2.21. The number of hydrogen-bond acceptors (Lipinski definition) is 3. The molecule has 3 rings (SSSR count). The van der Waals surface area contributed by atoms with Crippen LogP contribution < -0.4 is 5.56 Å². The summed E-state index contributed by atoms with van der Waals surface area (Å²) >= 11 is 0. The van der Waals surface area contributed by atoms with E-state index in [2.05, 4.69) is 10.2 Å². The number of fused-ring (bicyclic) bond motifs is 1. The van der Waals surface area contributed by atoms with Crippen molar-refractivity contribution in [3.63, 3.8) is 0 Å². The van der Waals surface area contributed by atoms with E-state index in [0.29, 0.717) is 12.1 Å². The second kappa shape index (κ2) is 5.33. The van der Waals surface area contributed by atoms with E-state index in [4.69, 9.17) is 0 Å². The molecule has 3 aromatic rings. The number of aryl methyl sites for hydroxylation is 2. The fourth-order valence-electron chi connectivity index (χ4n) is 2.70. The molecule has 0 saturated heterocycles. The predicted molar refractivity (Wildman–Crippen MR) is 91.8 cm³/mol. The maximum absolute atomic E-state index is 12.9. The van der Waals surface area contributed by atoms with Crippen molar-refractivity contribution < 1.29 is 0 Å². The summed E-state index contributed by atoms with van der Waals surface area (Å²) in [7, 11) is 0. The first-order chi connectivity index (χ1) is 10.8. The molecule has 0 N–H and O–H groups in total. The van der Waals surface area contributed by atoms with E-state index in [9.17, 15) is 4.79 Å². The monoisotopic (exact) mass is 310 g/mol. The molecule has 0 amide bonds. The van der Waals surface area contributed by atoms with Gasteiger partial charge in [-0.3, -0.25) is 9.48 Å². The summed E-state index contributed by atoms with van der Waals surface area (Å²) in [6, 6.07) is 8.16.